The van der Waals surface area contributed by atoms with Crippen molar-refractivity contribution in [2.45, 2.75) is 46.0 Å². The predicted molar refractivity (Wildman–Crippen MR) is 113 cm³/mol. The van der Waals surface area contributed by atoms with Gasteiger partial charge in [0.2, 0.25) is 0 Å². The summed E-state index contributed by atoms with van der Waals surface area (Å²) in [5, 5.41) is 0. The Hall–Kier alpha value is -2.61. The van der Waals surface area contributed by atoms with Gasteiger partial charge in [-0.25, -0.2) is 0 Å². The molecule has 0 atom stereocenters. The maximum Gasteiger partial charge on any atom is 0.119 e. The van der Waals surface area contributed by atoms with Crippen LogP contribution in [-0.4, -0.2) is 11.6 Å². The molecular formula is C25H29NO. The summed E-state index contributed by atoms with van der Waals surface area (Å²) in [5.41, 5.74) is 6.23. The van der Waals surface area contributed by atoms with Gasteiger partial charge in [-0.15, -0.1) is 0 Å². The third kappa shape index (κ3) is 5.68. The van der Waals surface area contributed by atoms with Gasteiger partial charge in [0.1, 0.15) is 5.75 Å². The third-order valence-electron chi connectivity index (χ3n) is 4.71. The lowest BCUT2D eigenvalue weighted by Gasteiger charge is -2.07. The van der Waals surface area contributed by atoms with Crippen LogP contribution < -0.4 is 4.74 Å². The molecule has 0 aliphatic carbocycles. The average Bonchev–Trinajstić information content (AvgIpc) is 2.73. The van der Waals surface area contributed by atoms with Crippen molar-refractivity contribution in [3.8, 4) is 17.0 Å². The highest BCUT2D eigenvalue weighted by molar-refractivity contribution is 5.59. The average molecular weight is 360 g/mol. The van der Waals surface area contributed by atoms with Crippen molar-refractivity contribution >= 4 is 0 Å². The van der Waals surface area contributed by atoms with Crippen LogP contribution in [0.4, 0.5) is 0 Å². The van der Waals surface area contributed by atoms with Crippen LogP contribution in [0.5, 0.6) is 5.75 Å². The molecule has 27 heavy (non-hydrogen) atoms. The fourth-order valence-corrected chi connectivity index (χ4v) is 3.13. The Labute approximate surface area is 163 Å². The monoisotopic (exact) mass is 359 g/mol. The zero-order chi connectivity index (χ0) is 18.9. The van der Waals surface area contributed by atoms with Crippen LogP contribution in [0.2, 0.25) is 0 Å². The van der Waals surface area contributed by atoms with Crippen molar-refractivity contribution in [3.63, 3.8) is 0 Å². The first-order valence-corrected chi connectivity index (χ1v) is 10.0. The number of nitrogens with zero attached hydrogens (tertiary/aromatic N) is 1. The molecule has 0 aliphatic rings. The first kappa shape index (κ1) is 19.2. The van der Waals surface area contributed by atoms with Crippen molar-refractivity contribution in [1.29, 1.82) is 0 Å². The summed E-state index contributed by atoms with van der Waals surface area (Å²) in [7, 11) is 0. The van der Waals surface area contributed by atoms with Crippen LogP contribution in [0.15, 0.2) is 66.9 Å². The number of aromatic nitrogens is 1. The molecule has 3 rings (SSSR count). The second kappa shape index (κ2) is 9.91. The standard InChI is InChI=1S/C25H29NO/c1-3-5-22-12-17-25(26-19-22)23-13-8-20(9-14-23)6-7-21-10-15-24(16-11-21)27-18-4-2/h8-17,19H,3-7,18H2,1-2H3. The van der Waals surface area contributed by atoms with E-state index in [1.54, 1.807) is 0 Å². The summed E-state index contributed by atoms with van der Waals surface area (Å²) in [6.07, 6.45) is 7.37. The highest BCUT2D eigenvalue weighted by Gasteiger charge is 2.02. The van der Waals surface area contributed by atoms with E-state index in [-0.39, 0.29) is 0 Å². The molecule has 0 radical (unpaired) electrons. The number of pyridine rings is 1. The molecule has 0 bridgehead atoms. The van der Waals surface area contributed by atoms with Gasteiger partial charge in [0, 0.05) is 11.8 Å². The molecule has 0 unspecified atom stereocenters. The smallest absolute Gasteiger partial charge is 0.119 e. The van der Waals surface area contributed by atoms with Crippen molar-refractivity contribution < 1.29 is 4.74 Å². The first-order valence-electron chi connectivity index (χ1n) is 10.0. The summed E-state index contributed by atoms with van der Waals surface area (Å²) in [6, 6.07) is 21.6. The SMILES string of the molecule is CCCOc1ccc(CCc2ccc(-c3ccc(CCC)cn3)cc2)cc1. The summed E-state index contributed by atoms with van der Waals surface area (Å²) < 4.78 is 5.64. The Balaban J connectivity index is 1.55. The van der Waals surface area contributed by atoms with E-state index in [1.807, 2.05) is 6.20 Å². The molecule has 2 heteroatoms. The molecule has 140 valence electrons. The van der Waals surface area contributed by atoms with Crippen LogP contribution >= 0.6 is 0 Å². The van der Waals surface area contributed by atoms with Gasteiger partial charge in [0.25, 0.3) is 0 Å². The zero-order valence-electron chi connectivity index (χ0n) is 16.4. The van der Waals surface area contributed by atoms with E-state index >= 15 is 0 Å². The van der Waals surface area contributed by atoms with Crippen LogP contribution in [0.3, 0.4) is 0 Å². The lowest BCUT2D eigenvalue weighted by Crippen LogP contribution is -1.96. The highest BCUT2D eigenvalue weighted by Crippen LogP contribution is 2.20. The number of hydrogen-bond acceptors (Lipinski definition) is 2. The van der Waals surface area contributed by atoms with E-state index in [0.717, 1.165) is 50.2 Å². The quantitative estimate of drug-likeness (QED) is 0.449. The predicted octanol–water partition coefficient (Wildman–Crippen LogP) is 6.28. The Kier molecular flexibility index (Phi) is 7.04. The number of aryl methyl sites for hydroxylation is 3. The van der Waals surface area contributed by atoms with Gasteiger partial charge in [-0.05, 0) is 60.6 Å². The van der Waals surface area contributed by atoms with Gasteiger partial charge in [0.15, 0.2) is 0 Å². The minimum atomic E-state index is 0.780. The van der Waals surface area contributed by atoms with E-state index in [1.165, 1.54) is 22.3 Å². The van der Waals surface area contributed by atoms with Gasteiger partial charge in [-0.3, -0.25) is 4.98 Å². The van der Waals surface area contributed by atoms with E-state index in [0.29, 0.717) is 0 Å². The molecule has 2 aromatic carbocycles. The topological polar surface area (TPSA) is 22.1 Å². The molecular weight excluding hydrogens is 330 g/mol. The normalized spacial score (nSPS) is 10.7. The van der Waals surface area contributed by atoms with Crippen molar-refractivity contribution in [2.75, 3.05) is 6.61 Å². The lowest BCUT2D eigenvalue weighted by molar-refractivity contribution is 0.317. The number of rotatable bonds is 9. The number of benzene rings is 2. The van der Waals surface area contributed by atoms with Gasteiger partial charge in [0.05, 0.1) is 12.3 Å². The van der Waals surface area contributed by atoms with E-state index in [9.17, 15) is 0 Å². The van der Waals surface area contributed by atoms with Crippen LogP contribution in [0.1, 0.15) is 43.4 Å². The van der Waals surface area contributed by atoms with E-state index in [4.69, 9.17) is 4.74 Å². The van der Waals surface area contributed by atoms with E-state index < -0.39 is 0 Å². The van der Waals surface area contributed by atoms with Crippen molar-refractivity contribution in [3.05, 3.63) is 83.6 Å². The number of hydrogen-bond donors (Lipinski definition) is 0. The molecule has 0 N–H and O–H groups in total. The Morgan fingerprint density at radius 1 is 0.667 bits per heavy atom. The van der Waals surface area contributed by atoms with Crippen LogP contribution in [0.25, 0.3) is 11.3 Å². The fourth-order valence-electron chi connectivity index (χ4n) is 3.13. The molecule has 0 aliphatic heterocycles. The highest BCUT2D eigenvalue weighted by atomic mass is 16.5. The number of ether oxygens (including phenoxy) is 1. The largest absolute Gasteiger partial charge is 0.494 e. The summed E-state index contributed by atoms with van der Waals surface area (Å²) in [4.78, 5) is 4.61. The minimum Gasteiger partial charge on any atom is -0.494 e. The van der Waals surface area contributed by atoms with Gasteiger partial charge < -0.3 is 4.74 Å². The Morgan fingerprint density at radius 3 is 1.85 bits per heavy atom. The van der Waals surface area contributed by atoms with Crippen LogP contribution in [0, 0.1) is 0 Å². The molecule has 2 nitrogen and oxygen atoms in total. The lowest BCUT2D eigenvalue weighted by atomic mass is 10.0. The molecule has 0 spiro atoms. The van der Waals surface area contributed by atoms with Gasteiger partial charge in [-0.2, -0.15) is 0 Å². The molecule has 1 heterocycles. The first-order chi connectivity index (χ1) is 13.3. The fraction of sp³-hybridized carbons (Fsp3) is 0.320. The molecule has 0 saturated heterocycles. The zero-order valence-corrected chi connectivity index (χ0v) is 16.4. The van der Waals surface area contributed by atoms with Gasteiger partial charge in [-0.1, -0.05) is 62.7 Å². The molecule has 3 aromatic rings. The van der Waals surface area contributed by atoms with Crippen molar-refractivity contribution in [1.82, 2.24) is 4.98 Å². The second-order valence-corrected chi connectivity index (χ2v) is 6.99. The molecule has 1 aromatic heterocycles. The molecule has 0 amide bonds. The van der Waals surface area contributed by atoms with Gasteiger partial charge >= 0.3 is 0 Å². The minimum absolute atomic E-state index is 0.780. The van der Waals surface area contributed by atoms with E-state index in [2.05, 4.69) is 79.5 Å². The van der Waals surface area contributed by atoms with Crippen LogP contribution in [-0.2, 0) is 19.3 Å². The summed E-state index contributed by atoms with van der Waals surface area (Å²) >= 11 is 0. The third-order valence-corrected chi connectivity index (χ3v) is 4.71. The maximum atomic E-state index is 5.64. The summed E-state index contributed by atoms with van der Waals surface area (Å²) in [5.74, 6) is 0.961. The Morgan fingerprint density at radius 2 is 1.30 bits per heavy atom. The van der Waals surface area contributed by atoms with Crippen molar-refractivity contribution in [2.24, 2.45) is 0 Å². The second-order valence-electron chi connectivity index (χ2n) is 6.99. The Bertz CT molecular complexity index is 804. The maximum absolute atomic E-state index is 5.64. The molecule has 0 saturated carbocycles. The molecule has 0 fully saturated rings. The summed E-state index contributed by atoms with van der Waals surface area (Å²) in [6.45, 7) is 5.10.